The van der Waals surface area contributed by atoms with Crippen molar-refractivity contribution in [2.75, 3.05) is 18.5 Å². The van der Waals surface area contributed by atoms with Crippen LogP contribution in [0.3, 0.4) is 0 Å². The summed E-state index contributed by atoms with van der Waals surface area (Å²) in [5.74, 6) is 1.64. The SMILES string of the molecule is CCOc1ccc(OCC(=O)Nc2nnc(CC(C)C)s2)cc1. The summed E-state index contributed by atoms with van der Waals surface area (Å²) in [7, 11) is 0. The predicted molar refractivity (Wildman–Crippen MR) is 90.2 cm³/mol. The highest BCUT2D eigenvalue weighted by Crippen LogP contribution is 2.19. The molecule has 2 aromatic rings. The first kappa shape index (κ1) is 17.2. The molecule has 0 unspecified atom stereocenters. The van der Waals surface area contributed by atoms with Crippen LogP contribution >= 0.6 is 11.3 Å². The van der Waals surface area contributed by atoms with Crippen molar-refractivity contribution in [2.24, 2.45) is 5.92 Å². The Kier molecular flexibility index (Phi) is 6.34. The molecule has 0 aliphatic heterocycles. The molecule has 1 aromatic carbocycles. The average Bonchev–Trinajstić information content (AvgIpc) is 2.93. The first-order valence-corrected chi connectivity index (χ1v) is 8.36. The lowest BCUT2D eigenvalue weighted by molar-refractivity contribution is -0.118. The van der Waals surface area contributed by atoms with E-state index in [0.29, 0.717) is 23.4 Å². The van der Waals surface area contributed by atoms with E-state index in [-0.39, 0.29) is 12.5 Å². The van der Waals surface area contributed by atoms with E-state index in [4.69, 9.17) is 9.47 Å². The molecule has 2 rings (SSSR count). The molecule has 7 heteroatoms. The molecule has 0 atom stereocenters. The fraction of sp³-hybridized carbons (Fsp3) is 0.438. The van der Waals surface area contributed by atoms with Crippen LogP contribution in [0.15, 0.2) is 24.3 Å². The summed E-state index contributed by atoms with van der Waals surface area (Å²) in [6.45, 7) is 6.69. The van der Waals surface area contributed by atoms with Gasteiger partial charge in [-0.15, -0.1) is 10.2 Å². The molecule has 23 heavy (non-hydrogen) atoms. The maximum atomic E-state index is 11.9. The van der Waals surface area contributed by atoms with Crippen LogP contribution in [0.1, 0.15) is 25.8 Å². The van der Waals surface area contributed by atoms with E-state index < -0.39 is 0 Å². The summed E-state index contributed by atoms with van der Waals surface area (Å²) < 4.78 is 10.8. The summed E-state index contributed by atoms with van der Waals surface area (Å²) in [6, 6.07) is 7.15. The summed E-state index contributed by atoms with van der Waals surface area (Å²) >= 11 is 1.39. The van der Waals surface area contributed by atoms with Crippen LogP contribution in [0, 0.1) is 5.92 Å². The highest BCUT2D eigenvalue weighted by Gasteiger charge is 2.10. The first-order chi connectivity index (χ1) is 11.1. The molecule has 6 nitrogen and oxygen atoms in total. The number of ether oxygens (including phenoxy) is 2. The Morgan fingerprint density at radius 3 is 2.43 bits per heavy atom. The van der Waals surface area contributed by atoms with E-state index in [0.717, 1.165) is 17.2 Å². The molecule has 0 saturated carbocycles. The van der Waals surface area contributed by atoms with Gasteiger partial charge in [-0.25, -0.2) is 0 Å². The van der Waals surface area contributed by atoms with Gasteiger partial charge in [0.05, 0.1) is 6.61 Å². The van der Waals surface area contributed by atoms with E-state index in [9.17, 15) is 4.79 Å². The summed E-state index contributed by atoms with van der Waals surface area (Å²) in [6.07, 6.45) is 0.857. The number of nitrogens with one attached hydrogen (secondary N) is 1. The minimum Gasteiger partial charge on any atom is -0.494 e. The van der Waals surface area contributed by atoms with Crippen LogP contribution in [0.4, 0.5) is 5.13 Å². The zero-order chi connectivity index (χ0) is 16.7. The fourth-order valence-electron chi connectivity index (χ4n) is 1.84. The normalized spacial score (nSPS) is 10.6. The molecule has 1 heterocycles. The van der Waals surface area contributed by atoms with Crippen molar-refractivity contribution >= 4 is 22.4 Å². The van der Waals surface area contributed by atoms with Gasteiger partial charge in [0, 0.05) is 6.42 Å². The highest BCUT2D eigenvalue weighted by molar-refractivity contribution is 7.15. The van der Waals surface area contributed by atoms with Gasteiger partial charge in [0.25, 0.3) is 5.91 Å². The van der Waals surface area contributed by atoms with Gasteiger partial charge in [-0.3, -0.25) is 10.1 Å². The molecule has 0 aliphatic rings. The lowest BCUT2D eigenvalue weighted by Crippen LogP contribution is -2.20. The Morgan fingerprint density at radius 2 is 1.83 bits per heavy atom. The van der Waals surface area contributed by atoms with Gasteiger partial charge in [0.2, 0.25) is 5.13 Å². The smallest absolute Gasteiger partial charge is 0.264 e. The number of hydrogen-bond acceptors (Lipinski definition) is 6. The van der Waals surface area contributed by atoms with Gasteiger partial charge in [-0.05, 0) is 37.1 Å². The Balaban J connectivity index is 1.79. The molecular formula is C16H21N3O3S. The number of nitrogens with zero attached hydrogens (tertiary/aromatic N) is 2. The van der Waals surface area contributed by atoms with Gasteiger partial charge < -0.3 is 9.47 Å². The van der Waals surface area contributed by atoms with Gasteiger partial charge in [0.1, 0.15) is 16.5 Å². The average molecular weight is 335 g/mol. The van der Waals surface area contributed by atoms with Gasteiger partial charge in [-0.2, -0.15) is 0 Å². The molecule has 1 aromatic heterocycles. The fourth-order valence-corrected chi connectivity index (χ4v) is 2.81. The second kappa shape index (κ2) is 8.47. The standard InChI is InChI=1S/C16H21N3O3S/c1-4-21-12-5-7-13(8-6-12)22-10-14(20)17-16-19-18-15(23-16)9-11(2)3/h5-8,11H,4,9-10H2,1-3H3,(H,17,19,20). The van der Waals surface area contributed by atoms with Crippen molar-refractivity contribution in [1.82, 2.24) is 10.2 Å². The molecule has 1 amide bonds. The number of benzene rings is 1. The van der Waals surface area contributed by atoms with E-state index in [2.05, 4.69) is 29.4 Å². The number of amides is 1. The molecule has 0 bridgehead atoms. The van der Waals surface area contributed by atoms with Crippen molar-refractivity contribution in [3.8, 4) is 11.5 Å². The Morgan fingerprint density at radius 1 is 1.17 bits per heavy atom. The number of rotatable bonds is 8. The largest absolute Gasteiger partial charge is 0.494 e. The molecule has 1 N–H and O–H groups in total. The highest BCUT2D eigenvalue weighted by atomic mass is 32.1. The maximum Gasteiger partial charge on any atom is 0.264 e. The molecular weight excluding hydrogens is 314 g/mol. The van der Waals surface area contributed by atoms with Crippen molar-refractivity contribution in [1.29, 1.82) is 0 Å². The van der Waals surface area contributed by atoms with E-state index >= 15 is 0 Å². The molecule has 0 radical (unpaired) electrons. The number of hydrogen-bond donors (Lipinski definition) is 1. The number of aromatic nitrogens is 2. The number of carbonyl (C=O) groups excluding carboxylic acids is 1. The first-order valence-electron chi connectivity index (χ1n) is 7.54. The molecule has 124 valence electrons. The Labute approximate surface area is 139 Å². The third kappa shape index (κ3) is 5.86. The minimum atomic E-state index is -0.258. The quantitative estimate of drug-likeness (QED) is 0.802. The second-order valence-corrected chi connectivity index (χ2v) is 6.40. The van der Waals surface area contributed by atoms with Crippen LogP contribution < -0.4 is 14.8 Å². The molecule has 0 saturated heterocycles. The van der Waals surface area contributed by atoms with Gasteiger partial charge in [0.15, 0.2) is 6.61 Å². The van der Waals surface area contributed by atoms with Crippen molar-refractivity contribution in [2.45, 2.75) is 27.2 Å². The minimum absolute atomic E-state index is 0.0763. The monoisotopic (exact) mass is 335 g/mol. The zero-order valence-electron chi connectivity index (χ0n) is 13.5. The van der Waals surface area contributed by atoms with E-state index in [1.165, 1.54) is 11.3 Å². The van der Waals surface area contributed by atoms with Crippen LogP contribution in [0.2, 0.25) is 0 Å². The zero-order valence-corrected chi connectivity index (χ0v) is 14.4. The maximum absolute atomic E-state index is 11.9. The van der Waals surface area contributed by atoms with E-state index in [1.54, 1.807) is 24.3 Å². The van der Waals surface area contributed by atoms with Crippen LogP contribution in [-0.4, -0.2) is 29.3 Å². The molecule has 0 spiro atoms. The lowest BCUT2D eigenvalue weighted by atomic mass is 10.1. The lowest BCUT2D eigenvalue weighted by Gasteiger charge is -2.07. The van der Waals surface area contributed by atoms with Gasteiger partial charge in [-0.1, -0.05) is 25.2 Å². The van der Waals surface area contributed by atoms with Gasteiger partial charge >= 0.3 is 0 Å². The van der Waals surface area contributed by atoms with Crippen LogP contribution in [0.5, 0.6) is 11.5 Å². The topological polar surface area (TPSA) is 73.3 Å². The summed E-state index contributed by atoms with van der Waals surface area (Å²) in [5.41, 5.74) is 0. The number of anilines is 1. The van der Waals surface area contributed by atoms with Crippen LogP contribution in [-0.2, 0) is 11.2 Å². The third-order valence-electron chi connectivity index (χ3n) is 2.80. The van der Waals surface area contributed by atoms with Crippen molar-refractivity contribution < 1.29 is 14.3 Å². The van der Waals surface area contributed by atoms with Crippen molar-refractivity contribution in [3.05, 3.63) is 29.3 Å². The predicted octanol–water partition coefficient (Wildman–Crippen LogP) is 3.15. The third-order valence-corrected chi connectivity index (χ3v) is 3.66. The Hall–Kier alpha value is -2.15. The molecule has 0 fully saturated rings. The van der Waals surface area contributed by atoms with Crippen molar-refractivity contribution in [3.63, 3.8) is 0 Å². The number of carbonyl (C=O) groups is 1. The summed E-state index contributed by atoms with van der Waals surface area (Å²) in [4.78, 5) is 11.9. The van der Waals surface area contributed by atoms with E-state index in [1.807, 2.05) is 6.92 Å². The van der Waals surface area contributed by atoms with Crippen LogP contribution in [0.25, 0.3) is 0 Å². The molecule has 0 aliphatic carbocycles. The Bertz CT molecular complexity index is 626. The second-order valence-electron chi connectivity index (χ2n) is 5.34. The summed E-state index contributed by atoms with van der Waals surface area (Å²) in [5, 5.41) is 12.1.